The van der Waals surface area contributed by atoms with E-state index in [4.69, 9.17) is 0 Å². The second kappa shape index (κ2) is 40.4. The van der Waals surface area contributed by atoms with Gasteiger partial charge in [0.2, 0.25) is 0 Å². The molecule has 0 aliphatic heterocycles. The molecule has 1 aromatic carbocycles. The first kappa shape index (κ1) is 59.2. The number of nitrogens with zero attached hydrogens (tertiary/aromatic N) is 2. The van der Waals surface area contributed by atoms with E-state index in [9.17, 15) is 0 Å². The minimum atomic E-state index is 0.0683. The molecule has 1 aromatic rings. The van der Waals surface area contributed by atoms with Crippen LogP contribution in [-0.2, 0) is 5.66 Å². The topological polar surface area (TPSA) is 0 Å². The second-order valence-electron chi connectivity index (χ2n) is 22.0. The zero-order valence-electron chi connectivity index (χ0n) is 44.5. The van der Waals surface area contributed by atoms with Crippen LogP contribution < -0.4 is 0 Å². The van der Waals surface area contributed by atoms with Crippen molar-refractivity contribution in [3.8, 4) is 0 Å². The predicted octanol–water partition coefficient (Wildman–Crippen LogP) is 20.1. The van der Waals surface area contributed by atoms with Gasteiger partial charge in [0.05, 0.1) is 53.3 Å². The van der Waals surface area contributed by atoms with Crippen LogP contribution >= 0.6 is 0 Å². The summed E-state index contributed by atoms with van der Waals surface area (Å²) < 4.78 is 2.22. The van der Waals surface area contributed by atoms with Crippen LogP contribution in [0.2, 0.25) is 0 Å². The number of aryl methyl sites for hydroxylation is 1. The highest BCUT2D eigenvalue weighted by molar-refractivity contribution is 5.25. The maximum Gasteiger partial charge on any atom is 0.251 e. The molecule has 0 unspecified atom stereocenters. The van der Waals surface area contributed by atoms with Crippen LogP contribution in [0.3, 0.4) is 0 Å². The van der Waals surface area contributed by atoms with Gasteiger partial charge in [0.1, 0.15) is 0 Å². The monoisotopic (exact) mass is 867 g/mol. The van der Waals surface area contributed by atoms with Gasteiger partial charge in [-0.1, -0.05) is 276 Å². The van der Waals surface area contributed by atoms with Crippen molar-refractivity contribution < 1.29 is 8.97 Å². The first-order chi connectivity index (χ1) is 30.2. The van der Waals surface area contributed by atoms with E-state index in [2.05, 4.69) is 80.2 Å². The molecule has 2 nitrogen and oxygen atoms in total. The number of rotatable bonds is 48. The van der Waals surface area contributed by atoms with Crippen molar-refractivity contribution in [2.24, 2.45) is 0 Å². The molecule has 0 aromatic heterocycles. The summed E-state index contributed by atoms with van der Waals surface area (Å²) in [5.74, 6) is 0. The number of quaternary nitrogens is 2. The summed E-state index contributed by atoms with van der Waals surface area (Å²) >= 11 is 0. The normalized spacial score (nSPS) is 12.5. The largest absolute Gasteiger partial charge is 0.273 e. The lowest BCUT2D eigenvalue weighted by Gasteiger charge is -2.57. The van der Waals surface area contributed by atoms with Crippen molar-refractivity contribution in [3.63, 3.8) is 0 Å². The highest BCUT2D eigenvalue weighted by Gasteiger charge is 2.58. The molecule has 0 amide bonds. The Bertz CT molecular complexity index is 1010. The van der Waals surface area contributed by atoms with Crippen molar-refractivity contribution in [1.82, 2.24) is 0 Å². The highest BCUT2D eigenvalue weighted by Crippen LogP contribution is 2.45. The Labute approximate surface area is 393 Å². The fraction of sp³-hybridized carbons (Fsp3) is 0.900. The molecule has 0 radical (unpaired) electrons. The second-order valence-corrected chi connectivity index (χ2v) is 22.0. The molecular weight excluding hydrogens is 749 g/mol. The fourth-order valence-corrected chi connectivity index (χ4v) is 11.3. The number of hydrogen-bond acceptors (Lipinski definition) is 0. The average Bonchev–Trinajstić information content (AvgIpc) is 3.25. The average molecular weight is 868 g/mol. The van der Waals surface area contributed by atoms with Crippen molar-refractivity contribution in [2.45, 2.75) is 309 Å². The molecule has 0 atom stereocenters. The third-order valence-corrected chi connectivity index (χ3v) is 15.5. The molecular formula is C60H118N2+2. The van der Waals surface area contributed by atoms with E-state index in [1.54, 1.807) is 5.56 Å². The van der Waals surface area contributed by atoms with E-state index in [0.29, 0.717) is 0 Å². The van der Waals surface area contributed by atoms with Gasteiger partial charge in [-0.2, -0.15) is 0 Å². The van der Waals surface area contributed by atoms with Crippen LogP contribution in [0.1, 0.15) is 308 Å². The maximum atomic E-state index is 2.63. The van der Waals surface area contributed by atoms with E-state index in [1.165, 1.54) is 295 Å². The zero-order valence-corrected chi connectivity index (χ0v) is 44.5. The summed E-state index contributed by atoms with van der Waals surface area (Å²) in [6, 6.07) is 9.94. The van der Waals surface area contributed by atoms with Gasteiger partial charge in [-0.25, -0.2) is 0 Å². The number of hydrogen-bond donors (Lipinski definition) is 0. The molecule has 0 aliphatic carbocycles. The molecule has 0 spiro atoms. The Kier molecular flexibility index (Phi) is 38.6. The van der Waals surface area contributed by atoms with Crippen molar-refractivity contribution in [3.05, 3.63) is 35.4 Å². The van der Waals surface area contributed by atoms with E-state index < -0.39 is 0 Å². The van der Waals surface area contributed by atoms with Gasteiger partial charge in [-0.05, 0) is 51.2 Å². The minimum Gasteiger partial charge on any atom is -0.273 e. The van der Waals surface area contributed by atoms with Crippen LogP contribution in [0.5, 0.6) is 0 Å². The molecule has 0 heterocycles. The fourth-order valence-electron chi connectivity index (χ4n) is 11.3. The van der Waals surface area contributed by atoms with E-state index >= 15 is 0 Å². The lowest BCUT2D eigenvalue weighted by Crippen LogP contribution is -2.72. The Hall–Kier alpha value is -0.860. The van der Waals surface area contributed by atoms with Gasteiger partial charge in [-0.15, -0.1) is 0 Å². The van der Waals surface area contributed by atoms with Crippen LogP contribution in [0, 0.1) is 6.92 Å². The molecule has 366 valence electrons. The molecule has 62 heavy (non-hydrogen) atoms. The van der Waals surface area contributed by atoms with Gasteiger partial charge in [0.25, 0.3) is 5.66 Å². The van der Waals surface area contributed by atoms with Crippen molar-refractivity contribution >= 4 is 0 Å². The molecule has 2 heteroatoms. The summed E-state index contributed by atoms with van der Waals surface area (Å²) in [4.78, 5) is 0. The van der Waals surface area contributed by atoms with Gasteiger partial charge < -0.3 is 0 Å². The third kappa shape index (κ3) is 28.2. The summed E-state index contributed by atoms with van der Waals surface area (Å²) in [6.07, 6.45) is 61.5. The minimum absolute atomic E-state index is 0.0683. The zero-order chi connectivity index (χ0) is 45.3. The van der Waals surface area contributed by atoms with Gasteiger partial charge >= 0.3 is 0 Å². The van der Waals surface area contributed by atoms with Gasteiger partial charge in [0, 0.05) is 0 Å². The third-order valence-electron chi connectivity index (χ3n) is 15.5. The lowest BCUT2D eigenvalue weighted by molar-refractivity contribution is -1.15. The van der Waals surface area contributed by atoms with Crippen LogP contribution in [0.4, 0.5) is 0 Å². The van der Waals surface area contributed by atoms with E-state index in [0.717, 1.165) is 8.97 Å². The Morgan fingerprint density at radius 3 is 0.742 bits per heavy atom. The quantitative estimate of drug-likeness (QED) is 0.0348. The van der Waals surface area contributed by atoms with Crippen LogP contribution in [0.15, 0.2) is 24.3 Å². The summed E-state index contributed by atoms with van der Waals surface area (Å²) in [6.45, 7) is 11.8. The highest BCUT2D eigenvalue weighted by atomic mass is 15.6. The molecule has 0 bridgehead atoms. The van der Waals surface area contributed by atoms with Crippen LogP contribution in [0.25, 0.3) is 0 Å². The molecule has 0 saturated carbocycles. The van der Waals surface area contributed by atoms with Crippen LogP contribution in [-0.4, -0.2) is 50.2 Å². The summed E-state index contributed by atoms with van der Waals surface area (Å²) in [7, 11) is 10.5. The molecule has 0 aliphatic rings. The Morgan fingerprint density at radius 2 is 0.500 bits per heavy atom. The molecule has 0 fully saturated rings. The Balaban J connectivity index is 2.75. The predicted molar refractivity (Wildman–Crippen MR) is 282 cm³/mol. The van der Waals surface area contributed by atoms with E-state index in [-0.39, 0.29) is 5.66 Å². The molecule has 0 saturated heterocycles. The lowest BCUT2D eigenvalue weighted by atomic mass is 9.84. The van der Waals surface area contributed by atoms with Crippen molar-refractivity contribution in [1.29, 1.82) is 0 Å². The summed E-state index contributed by atoms with van der Waals surface area (Å²) in [5.41, 5.74) is 3.06. The van der Waals surface area contributed by atoms with E-state index in [1.807, 2.05) is 0 Å². The maximum absolute atomic E-state index is 2.63. The summed E-state index contributed by atoms with van der Waals surface area (Å²) in [5, 5.41) is 0. The van der Waals surface area contributed by atoms with Crippen molar-refractivity contribution in [2.75, 3.05) is 41.3 Å². The number of unbranched alkanes of at least 4 members (excludes halogenated alkanes) is 39. The first-order valence-electron chi connectivity index (χ1n) is 28.9. The van der Waals surface area contributed by atoms with Gasteiger partial charge in [-0.3, -0.25) is 8.97 Å². The van der Waals surface area contributed by atoms with Gasteiger partial charge in [0.15, 0.2) is 0 Å². The Morgan fingerprint density at radius 1 is 0.290 bits per heavy atom. The molecule has 1 rings (SSSR count). The first-order valence-corrected chi connectivity index (χ1v) is 28.9. The standard InChI is InChI=1S/C60H118N2/c1-9-12-15-18-21-24-27-29-31-33-35-37-40-43-46-49-56-61(5,6)60(59-53-51-58(4)52-54-59,55-48-45-42-39-26-23-20-17-14-11-3)62(7,8)57-50-47-44-41-38-36-34-32-30-28-25-22-19-16-13-10-2/h51-54H,9-50,55-57H2,1-8H3/q+2. The smallest absolute Gasteiger partial charge is 0.251 e. The molecule has 0 N–H and O–H groups in total. The SMILES string of the molecule is CCCCCCCCCCCCCCCCCC[N+](C)(C)C(CCCCCCCCCCCC)(c1ccc(C)cc1)[N+](C)(C)CCCCCCCCCCCCCCCCCC. The number of benzene rings is 1.